The Morgan fingerprint density at radius 3 is 2.33 bits per heavy atom. The van der Waals surface area contributed by atoms with Gasteiger partial charge in [0.05, 0.1) is 0 Å². The summed E-state index contributed by atoms with van der Waals surface area (Å²) in [6.07, 6.45) is 6.84. The van der Waals surface area contributed by atoms with Crippen molar-refractivity contribution in [1.29, 1.82) is 0 Å². The monoisotopic (exact) mass is 253 g/mol. The Kier molecular flexibility index (Phi) is 6.25. The molecule has 0 spiro atoms. The molecule has 0 heterocycles. The maximum absolute atomic E-state index is 11.4. The molecule has 0 atom stereocenters. The standard InChI is InChI=1S/C13H23N3O2/c1-10(12-5-3-4-6-12)9-16-13(18)15-8-7-14-11(2)17/h9,12H,3-8H2,1-2H3,(H,14,17)(H2,15,16,18)/b10-9+. The van der Waals surface area contributed by atoms with E-state index in [1.54, 1.807) is 6.20 Å². The third-order valence-corrected chi connectivity index (χ3v) is 3.21. The van der Waals surface area contributed by atoms with Crippen LogP contribution in [0.2, 0.25) is 0 Å². The number of rotatable bonds is 5. The fourth-order valence-corrected chi connectivity index (χ4v) is 2.14. The molecule has 1 fully saturated rings. The number of hydrogen-bond donors (Lipinski definition) is 3. The molecular formula is C13H23N3O2. The zero-order valence-corrected chi connectivity index (χ0v) is 11.2. The molecule has 0 radical (unpaired) electrons. The molecule has 5 heteroatoms. The van der Waals surface area contributed by atoms with E-state index in [1.165, 1.54) is 38.2 Å². The van der Waals surface area contributed by atoms with Gasteiger partial charge in [-0.3, -0.25) is 4.79 Å². The molecule has 0 aromatic heterocycles. The predicted molar refractivity (Wildman–Crippen MR) is 70.9 cm³/mol. The fourth-order valence-electron chi connectivity index (χ4n) is 2.14. The fraction of sp³-hybridized carbons (Fsp3) is 0.692. The van der Waals surface area contributed by atoms with Crippen LogP contribution in [0.5, 0.6) is 0 Å². The van der Waals surface area contributed by atoms with E-state index < -0.39 is 0 Å². The van der Waals surface area contributed by atoms with Crippen molar-refractivity contribution in [2.45, 2.75) is 39.5 Å². The SMILES string of the molecule is CC(=O)NCCNC(=O)N/C=C(\C)C1CCCC1. The molecule has 1 aliphatic rings. The van der Waals surface area contributed by atoms with E-state index in [4.69, 9.17) is 0 Å². The van der Waals surface area contributed by atoms with Crippen LogP contribution in [0.15, 0.2) is 11.8 Å². The molecule has 0 aromatic rings. The summed E-state index contributed by atoms with van der Waals surface area (Å²) in [6, 6.07) is -0.224. The molecule has 1 saturated carbocycles. The second kappa shape index (κ2) is 7.74. The van der Waals surface area contributed by atoms with Gasteiger partial charge in [-0.2, -0.15) is 0 Å². The summed E-state index contributed by atoms with van der Waals surface area (Å²) < 4.78 is 0. The van der Waals surface area contributed by atoms with Crippen LogP contribution in [0.4, 0.5) is 4.79 Å². The van der Waals surface area contributed by atoms with Crippen LogP contribution >= 0.6 is 0 Å². The van der Waals surface area contributed by atoms with Crippen LogP contribution < -0.4 is 16.0 Å². The van der Waals surface area contributed by atoms with Crippen molar-refractivity contribution in [2.75, 3.05) is 13.1 Å². The van der Waals surface area contributed by atoms with Crippen molar-refractivity contribution in [3.05, 3.63) is 11.8 Å². The maximum Gasteiger partial charge on any atom is 0.318 e. The molecule has 1 rings (SSSR count). The molecule has 0 unspecified atom stereocenters. The molecule has 3 N–H and O–H groups in total. The molecule has 102 valence electrons. The van der Waals surface area contributed by atoms with E-state index in [-0.39, 0.29) is 11.9 Å². The van der Waals surface area contributed by atoms with Gasteiger partial charge < -0.3 is 16.0 Å². The molecule has 0 aromatic carbocycles. The minimum Gasteiger partial charge on any atom is -0.355 e. The van der Waals surface area contributed by atoms with Gasteiger partial charge in [-0.15, -0.1) is 0 Å². The van der Waals surface area contributed by atoms with Gasteiger partial charge in [0.1, 0.15) is 0 Å². The molecule has 18 heavy (non-hydrogen) atoms. The first-order valence-electron chi connectivity index (χ1n) is 6.55. The first-order valence-corrected chi connectivity index (χ1v) is 6.55. The molecule has 0 bridgehead atoms. The number of hydrogen-bond acceptors (Lipinski definition) is 2. The van der Waals surface area contributed by atoms with Gasteiger partial charge in [0.15, 0.2) is 0 Å². The molecular weight excluding hydrogens is 230 g/mol. The highest BCUT2D eigenvalue weighted by Crippen LogP contribution is 2.30. The largest absolute Gasteiger partial charge is 0.355 e. The lowest BCUT2D eigenvalue weighted by atomic mass is 10.0. The van der Waals surface area contributed by atoms with Crippen molar-refractivity contribution < 1.29 is 9.59 Å². The van der Waals surface area contributed by atoms with Gasteiger partial charge in [0.25, 0.3) is 0 Å². The Hall–Kier alpha value is -1.52. The highest BCUT2D eigenvalue weighted by Gasteiger charge is 2.16. The van der Waals surface area contributed by atoms with Crippen molar-refractivity contribution in [3.8, 4) is 0 Å². The van der Waals surface area contributed by atoms with Gasteiger partial charge in [-0.1, -0.05) is 18.4 Å². The topological polar surface area (TPSA) is 70.2 Å². The van der Waals surface area contributed by atoms with Crippen LogP contribution in [0.25, 0.3) is 0 Å². The van der Waals surface area contributed by atoms with Crippen molar-refractivity contribution in [1.82, 2.24) is 16.0 Å². The molecule has 5 nitrogen and oxygen atoms in total. The van der Waals surface area contributed by atoms with Gasteiger partial charge in [0, 0.05) is 26.2 Å². The average Bonchev–Trinajstić information content (AvgIpc) is 2.85. The number of nitrogens with one attached hydrogen (secondary N) is 3. The Morgan fingerprint density at radius 2 is 1.72 bits per heavy atom. The number of urea groups is 1. The summed E-state index contributed by atoms with van der Waals surface area (Å²) in [5.41, 5.74) is 1.24. The molecule has 0 aliphatic heterocycles. The zero-order valence-electron chi connectivity index (χ0n) is 11.2. The lowest BCUT2D eigenvalue weighted by molar-refractivity contribution is -0.118. The Bertz CT molecular complexity index is 320. The summed E-state index contributed by atoms with van der Waals surface area (Å²) in [7, 11) is 0. The van der Waals surface area contributed by atoms with E-state index in [0.29, 0.717) is 19.0 Å². The smallest absolute Gasteiger partial charge is 0.318 e. The minimum atomic E-state index is -0.224. The summed E-state index contributed by atoms with van der Waals surface area (Å²) in [6.45, 7) is 4.40. The highest BCUT2D eigenvalue weighted by atomic mass is 16.2. The van der Waals surface area contributed by atoms with Crippen LogP contribution in [0.1, 0.15) is 39.5 Å². The second-order valence-corrected chi connectivity index (χ2v) is 4.75. The zero-order chi connectivity index (χ0) is 13.4. The average molecular weight is 253 g/mol. The van der Waals surface area contributed by atoms with Crippen LogP contribution in [-0.4, -0.2) is 25.0 Å². The van der Waals surface area contributed by atoms with E-state index in [0.717, 1.165) is 0 Å². The number of allylic oxidation sites excluding steroid dienone is 1. The third-order valence-electron chi connectivity index (χ3n) is 3.21. The highest BCUT2D eigenvalue weighted by molar-refractivity contribution is 5.75. The summed E-state index contributed by atoms with van der Waals surface area (Å²) >= 11 is 0. The van der Waals surface area contributed by atoms with E-state index >= 15 is 0 Å². The van der Waals surface area contributed by atoms with Gasteiger partial charge in [0.2, 0.25) is 5.91 Å². The maximum atomic E-state index is 11.4. The quantitative estimate of drug-likeness (QED) is 0.650. The van der Waals surface area contributed by atoms with Gasteiger partial charge in [-0.25, -0.2) is 4.79 Å². The number of carbonyl (C=O) groups excluding carboxylic acids is 2. The van der Waals surface area contributed by atoms with Crippen LogP contribution in [0, 0.1) is 5.92 Å². The summed E-state index contributed by atoms with van der Waals surface area (Å²) in [4.78, 5) is 22.0. The summed E-state index contributed by atoms with van der Waals surface area (Å²) in [5, 5.41) is 8.01. The van der Waals surface area contributed by atoms with E-state index in [2.05, 4.69) is 22.9 Å². The van der Waals surface area contributed by atoms with Crippen LogP contribution in [-0.2, 0) is 4.79 Å². The predicted octanol–water partition coefficient (Wildman–Crippen LogP) is 1.52. The number of carbonyl (C=O) groups is 2. The Labute approximate surface area is 108 Å². The lowest BCUT2D eigenvalue weighted by Crippen LogP contribution is -2.38. The van der Waals surface area contributed by atoms with Crippen molar-refractivity contribution in [2.24, 2.45) is 5.92 Å². The first kappa shape index (κ1) is 14.5. The van der Waals surface area contributed by atoms with E-state index in [1.807, 2.05) is 0 Å². The minimum absolute atomic E-state index is 0.0887. The third kappa shape index (κ3) is 5.70. The van der Waals surface area contributed by atoms with Gasteiger partial charge in [-0.05, 0) is 25.7 Å². The van der Waals surface area contributed by atoms with Crippen molar-refractivity contribution >= 4 is 11.9 Å². The Morgan fingerprint density at radius 1 is 1.11 bits per heavy atom. The Balaban J connectivity index is 2.15. The van der Waals surface area contributed by atoms with Crippen LogP contribution in [0.3, 0.4) is 0 Å². The molecule has 1 aliphatic carbocycles. The lowest BCUT2D eigenvalue weighted by Gasteiger charge is -2.10. The second-order valence-electron chi connectivity index (χ2n) is 4.75. The first-order chi connectivity index (χ1) is 8.59. The van der Waals surface area contributed by atoms with E-state index in [9.17, 15) is 9.59 Å². The molecule has 3 amide bonds. The van der Waals surface area contributed by atoms with Crippen molar-refractivity contribution in [3.63, 3.8) is 0 Å². The van der Waals surface area contributed by atoms with Gasteiger partial charge >= 0.3 is 6.03 Å². The molecule has 0 saturated heterocycles. The number of amides is 3. The summed E-state index contributed by atoms with van der Waals surface area (Å²) in [5.74, 6) is 0.541. The normalized spacial score (nSPS) is 16.4.